The van der Waals surface area contributed by atoms with Crippen molar-refractivity contribution < 1.29 is 10.0 Å². The van der Waals surface area contributed by atoms with Gasteiger partial charge in [-0.25, -0.2) is 0 Å². The number of benzene rings is 1. The van der Waals surface area contributed by atoms with Crippen LogP contribution in [0.3, 0.4) is 0 Å². The van der Waals surface area contributed by atoms with Crippen molar-refractivity contribution >= 4 is 24.3 Å². The van der Waals surface area contributed by atoms with Crippen molar-refractivity contribution in [2.45, 2.75) is 16.1 Å². The van der Waals surface area contributed by atoms with Crippen LogP contribution < -0.4 is 5.46 Å². The van der Waals surface area contributed by atoms with Crippen molar-refractivity contribution in [1.82, 2.24) is 0 Å². The van der Waals surface area contributed by atoms with E-state index < -0.39 is 7.12 Å². The van der Waals surface area contributed by atoms with Crippen LogP contribution in [0, 0.1) is 0 Å². The molecule has 2 aliphatic rings. The van der Waals surface area contributed by atoms with Gasteiger partial charge in [-0.3, -0.25) is 0 Å². The highest BCUT2D eigenvalue weighted by Gasteiger charge is 2.31. The number of allylic oxidation sites excluding steroid dienone is 3. The zero-order valence-electron chi connectivity index (χ0n) is 8.58. The summed E-state index contributed by atoms with van der Waals surface area (Å²) in [5.41, 5.74) is 1.86. The fraction of sp³-hybridized carbons (Fsp3) is 0.167. The van der Waals surface area contributed by atoms with Crippen LogP contribution in [-0.2, 0) is 0 Å². The Hall–Kier alpha value is -0.965. The highest BCUT2D eigenvalue weighted by molar-refractivity contribution is 8.00. The number of hydrogen-bond acceptors (Lipinski definition) is 3. The van der Waals surface area contributed by atoms with E-state index in [9.17, 15) is 0 Å². The second-order valence-electron chi connectivity index (χ2n) is 4.05. The molecule has 0 aromatic heterocycles. The molecule has 1 heterocycles. The Balaban J connectivity index is 2.02. The second kappa shape index (κ2) is 3.80. The normalized spacial score (nSPS) is 25.4. The van der Waals surface area contributed by atoms with Gasteiger partial charge in [-0.15, -0.1) is 11.8 Å². The van der Waals surface area contributed by atoms with Gasteiger partial charge in [0.2, 0.25) is 0 Å². The predicted molar refractivity (Wildman–Crippen MR) is 66.9 cm³/mol. The van der Waals surface area contributed by atoms with Gasteiger partial charge < -0.3 is 10.0 Å². The van der Waals surface area contributed by atoms with E-state index in [0.29, 0.717) is 16.6 Å². The van der Waals surface area contributed by atoms with Crippen molar-refractivity contribution in [3.05, 3.63) is 48.1 Å². The van der Waals surface area contributed by atoms with E-state index in [1.54, 1.807) is 17.8 Å². The van der Waals surface area contributed by atoms with Gasteiger partial charge in [0.1, 0.15) is 0 Å². The summed E-state index contributed by atoms with van der Waals surface area (Å²) < 4.78 is 0. The van der Waals surface area contributed by atoms with Gasteiger partial charge in [0.25, 0.3) is 0 Å². The van der Waals surface area contributed by atoms with Crippen molar-refractivity contribution in [1.29, 1.82) is 0 Å². The molecule has 4 heteroatoms. The van der Waals surface area contributed by atoms with Gasteiger partial charge in [-0.1, -0.05) is 36.4 Å². The minimum atomic E-state index is -1.38. The van der Waals surface area contributed by atoms with Crippen LogP contribution in [0.2, 0.25) is 0 Å². The Morgan fingerprint density at radius 3 is 2.75 bits per heavy atom. The molecule has 0 saturated heterocycles. The van der Waals surface area contributed by atoms with Crippen molar-refractivity contribution in [2.24, 2.45) is 0 Å². The summed E-state index contributed by atoms with van der Waals surface area (Å²) >= 11 is 1.79. The first-order valence-corrected chi connectivity index (χ1v) is 6.15. The Kier molecular flexibility index (Phi) is 2.43. The topological polar surface area (TPSA) is 40.5 Å². The molecule has 2 atom stereocenters. The lowest BCUT2D eigenvalue weighted by Gasteiger charge is -2.14. The maximum absolute atomic E-state index is 9.13. The molecule has 0 radical (unpaired) electrons. The first-order chi connectivity index (χ1) is 7.75. The number of rotatable bonds is 1. The van der Waals surface area contributed by atoms with Crippen molar-refractivity contribution in [3.8, 4) is 0 Å². The predicted octanol–water partition coefficient (Wildman–Crippen LogP) is 1.05. The van der Waals surface area contributed by atoms with E-state index in [1.807, 2.05) is 12.1 Å². The zero-order chi connectivity index (χ0) is 11.1. The molecule has 2 N–H and O–H groups in total. The number of hydrogen-bond donors (Lipinski definition) is 2. The third-order valence-electron chi connectivity index (χ3n) is 3.04. The van der Waals surface area contributed by atoms with Gasteiger partial charge >= 0.3 is 7.12 Å². The average molecular weight is 230 g/mol. The highest BCUT2D eigenvalue weighted by Crippen LogP contribution is 2.47. The van der Waals surface area contributed by atoms with Crippen molar-refractivity contribution in [3.63, 3.8) is 0 Å². The fourth-order valence-corrected chi connectivity index (χ4v) is 3.61. The van der Waals surface area contributed by atoms with Crippen LogP contribution in [0.4, 0.5) is 0 Å². The summed E-state index contributed by atoms with van der Waals surface area (Å²) in [6, 6.07) is 5.68. The highest BCUT2D eigenvalue weighted by atomic mass is 32.2. The first-order valence-electron chi connectivity index (χ1n) is 5.27. The molecule has 1 aromatic rings. The lowest BCUT2D eigenvalue weighted by Crippen LogP contribution is -2.29. The Morgan fingerprint density at radius 1 is 1.12 bits per heavy atom. The second-order valence-corrected chi connectivity index (χ2v) is 5.27. The van der Waals surface area contributed by atoms with E-state index in [1.165, 1.54) is 5.56 Å². The molecule has 1 aliphatic carbocycles. The number of fused-ring (bicyclic) bond motifs is 3. The van der Waals surface area contributed by atoms with Gasteiger partial charge in [0, 0.05) is 16.1 Å². The van der Waals surface area contributed by atoms with Crippen LogP contribution in [0.15, 0.2) is 47.4 Å². The monoisotopic (exact) mass is 230 g/mol. The Labute approximate surface area is 98.8 Å². The Bertz CT molecular complexity index is 482. The molecular weight excluding hydrogens is 219 g/mol. The summed E-state index contributed by atoms with van der Waals surface area (Å²) in [6.07, 6.45) is 8.55. The molecule has 0 saturated carbocycles. The molecule has 0 spiro atoms. The molecule has 0 fully saturated rings. The maximum Gasteiger partial charge on any atom is 0.488 e. The molecule has 0 bridgehead atoms. The molecular formula is C12H11BO2S. The minimum absolute atomic E-state index is 0.440. The summed E-state index contributed by atoms with van der Waals surface area (Å²) in [6.45, 7) is 0. The lowest BCUT2D eigenvalue weighted by molar-refractivity contribution is 0.425. The van der Waals surface area contributed by atoms with Gasteiger partial charge in [0.05, 0.1) is 0 Å². The average Bonchev–Trinajstić information content (AvgIpc) is 2.66. The maximum atomic E-state index is 9.13. The molecule has 2 nitrogen and oxygen atoms in total. The van der Waals surface area contributed by atoms with Crippen LogP contribution in [0.1, 0.15) is 11.5 Å². The molecule has 2 unspecified atom stereocenters. The van der Waals surface area contributed by atoms with Gasteiger partial charge in [-0.05, 0) is 17.1 Å². The van der Waals surface area contributed by atoms with Crippen LogP contribution >= 0.6 is 11.8 Å². The SMILES string of the molecule is OB(O)c1ccc2c(c1)SC1C=CC=CC21. The number of thioether (sulfide) groups is 1. The smallest absolute Gasteiger partial charge is 0.423 e. The summed E-state index contributed by atoms with van der Waals surface area (Å²) in [5.74, 6) is 0.440. The van der Waals surface area contributed by atoms with E-state index >= 15 is 0 Å². The minimum Gasteiger partial charge on any atom is -0.423 e. The quantitative estimate of drug-likeness (QED) is 0.708. The zero-order valence-corrected chi connectivity index (χ0v) is 9.39. The molecule has 1 aliphatic heterocycles. The third-order valence-corrected chi connectivity index (χ3v) is 4.37. The molecule has 16 heavy (non-hydrogen) atoms. The van der Waals surface area contributed by atoms with Crippen LogP contribution in [-0.4, -0.2) is 22.4 Å². The van der Waals surface area contributed by atoms with Crippen LogP contribution in [0.25, 0.3) is 0 Å². The van der Waals surface area contributed by atoms with E-state index in [0.717, 1.165) is 4.90 Å². The molecule has 1 aromatic carbocycles. The molecule has 0 amide bonds. The fourth-order valence-electron chi connectivity index (χ4n) is 2.22. The summed E-state index contributed by atoms with van der Waals surface area (Å²) in [7, 11) is -1.38. The summed E-state index contributed by atoms with van der Waals surface area (Å²) in [5, 5.41) is 18.7. The van der Waals surface area contributed by atoms with E-state index in [2.05, 4.69) is 24.3 Å². The van der Waals surface area contributed by atoms with Gasteiger partial charge in [-0.2, -0.15) is 0 Å². The van der Waals surface area contributed by atoms with Crippen molar-refractivity contribution in [2.75, 3.05) is 0 Å². The largest absolute Gasteiger partial charge is 0.488 e. The van der Waals surface area contributed by atoms with E-state index in [4.69, 9.17) is 10.0 Å². The standard InChI is InChI=1S/C12H11BO2S/c14-13(15)8-5-6-10-9-3-1-2-4-11(9)16-12(10)7-8/h1-7,9,11,14-15H. The molecule has 80 valence electrons. The lowest BCUT2D eigenvalue weighted by atomic mass is 9.79. The molecule has 3 rings (SSSR count). The van der Waals surface area contributed by atoms with E-state index in [-0.39, 0.29) is 0 Å². The van der Waals surface area contributed by atoms with Crippen LogP contribution in [0.5, 0.6) is 0 Å². The first kappa shape index (κ1) is 10.2. The van der Waals surface area contributed by atoms with Gasteiger partial charge in [0.15, 0.2) is 0 Å². The Morgan fingerprint density at radius 2 is 1.94 bits per heavy atom. The third kappa shape index (κ3) is 1.54. The summed E-state index contributed by atoms with van der Waals surface area (Å²) in [4.78, 5) is 1.16.